The third kappa shape index (κ3) is 6.10. The Morgan fingerprint density at radius 3 is 1.69 bits per heavy atom. The minimum absolute atomic E-state index is 0.0658. The second-order valence-corrected chi connectivity index (χ2v) is 9.40. The summed E-state index contributed by atoms with van der Waals surface area (Å²) in [5.74, 6) is 0.316. The highest BCUT2D eigenvalue weighted by Gasteiger charge is 2.37. The molecule has 188 valence electrons. The normalized spacial score (nSPS) is 18.1. The van der Waals surface area contributed by atoms with Crippen LogP contribution in [0, 0.1) is 20.2 Å². The lowest BCUT2D eigenvalue weighted by Gasteiger charge is -2.45. The number of benzene rings is 2. The van der Waals surface area contributed by atoms with Crippen molar-refractivity contribution in [2.45, 2.75) is 24.3 Å². The Balaban J connectivity index is 1.78. The fourth-order valence-electron chi connectivity index (χ4n) is 3.77. The molecule has 1 fully saturated rings. The predicted octanol–water partition coefficient (Wildman–Crippen LogP) is 1.54. The molecule has 0 aromatic heterocycles. The highest BCUT2D eigenvalue weighted by atomic mass is 32.2. The average Bonchev–Trinajstić information content (AvgIpc) is 2.86. The lowest BCUT2D eigenvalue weighted by molar-refractivity contribution is -0.385. The van der Waals surface area contributed by atoms with E-state index in [4.69, 9.17) is 12.2 Å². The molecule has 4 atom stereocenters. The van der Waals surface area contributed by atoms with Gasteiger partial charge in [-0.15, -0.1) is 0 Å². The number of nitrogens with zero attached hydrogens (tertiary/aromatic N) is 4. The van der Waals surface area contributed by atoms with Gasteiger partial charge < -0.3 is 25.3 Å². The van der Waals surface area contributed by atoms with Crippen molar-refractivity contribution in [2.75, 3.05) is 25.8 Å². The summed E-state index contributed by atoms with van der Waals surface area (Å²) in [6, 6.07) is 8.98. The molecule has 0 bridgehead atoms. The van der Waals surface area contributed by atoms with Crippen molar-refractivity contribution in [3.05, 3.63) is 79.9 Å². The Bertz CT molecular complexity index is 1060. The zero-order valence-electron chi connectivity index (χ0n) is 18.3. The number of nitro benzene ring substituents is 2. The maximum absolute atomic E-state index is 10.9. The van der Waals surface area contributed by atoms with Crippen molar-refractivity contribution >= 4 is 39.7 Å². The van der Waals surface area contributed by atoms with Crippen LogP contribution in [0.3, 0.4) is 0 Å². The molecule has 0 radical (unpaired) electrons. The molecule has 1 saturated heterocycles. The Kier molecular flexibility index (Phi) is 9.07. The van der Waals surface area contributed by atoms with Gasteiger partial charge in [0, 0.05) is 24.3 Å². The monoisotopic (exact) mass is 524 g/mol. The number of aliphatic hydroxyl groups excluding tert-OH is 4. The highest BCUT2D eigenvalue weighted by molar-refractivity contribution is 8.22. The van der Waals surface area contributed by atoms with Gasteiger partial charge in [0.2, 0.25) is 0 Å². The molecule has 0 amide bonds. The van der Waals surface area contributed by atoms with E-state index in [9.17, 15) is 40.7 Å². The third-order valence-corrected chi connectivity index (χ3v) is 7.32. The summed E-state index contributed by atoms with van der Waals surface area (Å²) in [6.07, 6.45) is -2.41. The van der Waals surface area contributed by atoms with Crippen molar-refractivity contribution in [1.82, 2.24) is 9.80 Å². The maximum Gasteiger partial charge on any atom is 0.269 e. The highest BCUT2D eigenvalue weighted by Crippen LogP contribution is 2.32. The molecular weight excluding hydrogens is 500 g/mol. The Morgan fingerprint density at radius 1 is 0.857 bits per heavy atom. The molecule has 2 aromatic rings. The van der Waals surface area contributed by atoms with E-state index in [2.05, 4.69) is 0 Å². The van der Waals surface area contributed by atoms with Crippen LogP contribution in [-0.4, -0.2) is 82.2 Å². The van der Waals surface area contributed by atoms with Crippen molar-refractivity contribution in [3.63, 3.8) is 0 Å². The number of hydrogen-bond acceptors (Lipinski definition) is 11. The molecule has 1 heterocycles. The second-order valence-electron chi connectivity index (χ2n) is 7.83. The van der Waals surface area contributed by atoms with Gasteiger partial charge in [-0.1, -0.05) is 24.0 Å². The molecule has 1 aliphatic rings. The van der Waals surface area contributed by atoms with Crippen LogP contribution in [0.15, 0.2) is 48.5 Å². The van der Waals surface area contributed by atoms with Crippen LogP contribution in [0.25, 0.3) is 0 Å². The van der Waals surface area contributed by atoms with E-state index in [0.29, 0.717) is 21.3 Å². The van der Waals surface area contributed by atoms with Gasteiger partial charge in [0.25, 0.3) is 11.4 Å². The van der Waals surface area contributed by atoms with Crippen molar-refractivity contribution < 1.29 is 30.3 Å². The predicted molar refractivity (Wildman–Crippen MR) is 131 cm³/mol. The number of non-ortho nitro benzene ring substituents is 2. The van der Waals surface area contributed by atoms with Crippen LogP contribution >= 0.6 is 24.0 Å². The first-order valence-electron chi connectivity index (χ1n) is 10.4. The first-order valence-corrected chi connectivity index (χ1v) is 11.8. The van der Waals surface area contributed by atoms with Gasteiger partial charge in [0.05, 0.1) is 53.8 Å². The molecule has 0 spiro atoms. The summed E-state index contributed by atoms with van der Waals surface area (Å²) in [5.41, 5.74) is 0.466. The van der Waals surface area contributed by atoms with Gasteiger partial charge in [-0.2, -0.15) is 0 Å². The molecular formula is C21H24N4O8S2. The quantitative estimate of drug-likeness (QED) is 0.201. The molecule has 4 N–H and O–H groups in total. The first kappa shape index (κ1) is 26.9. The number of rotatable bonds is 10. The van der Waals surface area contributed by atoms with Gasteiger partial charge in [-0.25, -0.2) is 0 Å². The van der Waals surface area contributed by atoms with Gasteiger partial charge >= 0.3 is 0 Å². The summed E-state index contributed by atoms with van der Waals surface area (Å²) in [7, 11) is 0. The lowest BCUT2D eigenvalue weighted by atomic mass is 10.0. The fraction of sp³-hybridized carbons (Fsp3) is 0.381. The molecule has 0 saturated carbocycles. The molecule has 1 aliphatic heterocycles. The van der Waals surface area contributed by atoms with Crippen LogP contribution < -0.4 is 0 Å². The summed E-state index contributed by atoms with van der Waals surface area (Å²) in [4.78, 5) is 24.0. The standard InChI is InChI=1S/C21H24N4O8S2/c26-9-17(19(28)13-1-5-15(6-2-13)24(30)31)22-11-23(21(34)35-12-22)18(10-27)20(29)14-3-7-16(8-4-14)25(32)33/h1-8,17-20,26-29H,9-12H2/t17-,18+,19?,20?/m1/s1. The number of thioether (sulfide) groups is 1. The van der Waals surface area contributed by atoms with Gasteiger partial charge in [0.15, 0.2) is 0 Å². The topological polar surface area (TPSA) is 174 Å². The third-order valence-electron chi connectivity index (χ3n) is 5.79. The smallest absolute Gasteiger partial charge is 0.269 e. The van der Waals surface area contributed by atoms with Gasteiger partial charge in [-0.3, -0.25) is 25.1 Å². The van der Waals surface area contributed by atoms with Gasteiger partial charge in [-0.05, 0) is 35.4 Å². The summed E-state index contributed by atoms with van der Waals surface area (Å²) < 4.78 is 0.391. The first-order chi connectivity index (χ1) is 16.7. The van der Waals surface area contributed by atoms with Gasteiger partial charge in [0.1, 0.15) is 10.4 Å². The van der Waals surface area contributed by atoms with Crippen LogP contribution in [0.1, 0.15) is 23.3 Å². The van der Waals surface area contributed by atoms with E-state index in [1.54, 1.807) is 9.80 Å². The van der Waals surface area contributed by atoms with Crippen molar-refractivity contribution in [3.8, 4) is 0 Å². The Labute approximate surface area is 209 Å². The summed E-state index contributed by atoms with van der Waals surface area (Å²) in [6.45, 7) is -0.855. The molecule has 2 unspecified atom stereocenters. The molecule has 14 heteroatoms. The molecule has 35 heavy (non-hydrogen) atoms. The van der Waals surface area contributed by atoms with E-state index >= 15 is 0 Å². The van der Waals surface area contributed by atoms with E-state index in [-0.39, 0.29) is 18.0 Å². The fourth-order valence-corrected chi connectivity index (χ4v) is 5.03. The van der Waals surface area contributed by atoms with E-state index < -0.39 is 47.4 Å². The van der Waals surface area contributed by atoms with Crippen LogP contribution in [0.2, 0.25) is 0 Å². The molecule has 12 nitrogen and oxygen atoms in total. The average molecular weight is 525 g/mol. The minimum atomic E-state index is -1.23. The zero-order valence-corrected chi connectivity index (χ0v) is 19.9. The Morgan fingerprint density at radius 2 is 1.29 bits per heavy atom. The van der Waals surface area contributed by atoms with Crippen LogP contribution in [0.5, 0.6) is 0 Å². The van der Waals surface area contributed by atoms with Crippen molar-refractivity contribution in [1.29, 1.82) is 0 Å². The number of nitro groups is 2. The maximum atomic E-state index is 10.9. The number of hydrogen-bond donors (Lipinski definition) is 4. The minimum Gasteiger partial charge on any atom is -0.395 e. The number of aliphatic hydroxyl groups is 4. The van der Waals surface area contributed by atoms with E-state index in [1.165, 1.54) is 60.3 Å². The molecule has 2 aromatic carbocycles. The van der Waals surface area contributed by atoms with Crippen LogP contribution in [0.4, 0.5) is 11.4 Å². The second kappa shape index (κ2) is 11.8. The Hall–Kier alpha value is -2.72. The summed E-state index contributed by atoms with van der Waals surface area (Å²) in [5, 5.41) is 63.7. The van der Waals surface area contributed by atoms with E-state index in [1.807, 2.05) is 0 Å². The molecule has 0 aliphatic carbocycles. The molecule has 3 rings (SSSR count). The summed E-state index contributed by atoms with van der Waals surface area (Å²) >= 11 is 6.65. The van der Waals surface area contributed by atoms with Crippen LogP contribution in [-0.2, 0) is 0 Å². The zero-order chi connectivity index (χ0) is 25.7. The SMILES string of the molecule is O=[N+]([O-])c1ccc(C(O)[C@@H](CO)N2CSC(=S)N([C@@H](CO)C(O)c3ccc([N+](=O)[O-])cc3)C2)cc1. The van der Waals surface area contributed by atoms with Crippen molar-refractivity contribution in [2.24, 2.45) is 0 Å². The van der Waals surface area contributed by atoms with E-state index in [0.717, 1.165) is 0 Å². The largest absolute Gasteiger partial charge is 0.395 e. The lowest BCUT2D eigenvalue weighted by Crippen LogP contribution is -2.56. The number of thiocarbonyl (C=S) groups is 1.